The Morgan fingerprint density at radius 1 is 0.308 bits per heavy atom. The molecule has 0 amide bonds. The zero-order valence-corrected chi connectivity index (χ0v) is 28.1. The van der Waals surface area contributed by atoms with Crippen molar-refractivity contribution in [3.8, 4) is 45.3 Å². The maximum absolute atomic E-state index is 6.57. The molecule has 0 unspecified atom stereocenters. The Balaban J connectivity index is 1.06. The van der Waals surface area contributed by atoms with Crippen molar-refractivity contribution in [1.82, 2.24) is 9.97 Å². The Morgan fingerprint density at radius 3 is 1.13 bits per heavy atom. The third kappa shape index (κ3) is 6.10. The minimum Gasteiger partial charge on any atom is -0.449 e. The summed E-state index contributed by atoms with van der Waals surface area (Å²) in [5.74, 6) is 2.59. The number of hydrogen-bond acceptors (Lipinski definition) is 6. The quantitative estimate of drug-likeness (QED) is 0.160. The summed E-state index contributed by atoms with van der Waals surface area (Å²) < 4.78 is 13.1. The van der Waals surface area contributed by atoms with Gasteiger partial charge in [0.25, 0.3) is 0 Å². The Hall–Kier alpha value is -7.18. The highest BCUT2D eigenvalue weighted by molar-refractivity contribution is 5.83. The molecule has 0 aliphatic carbocycles. The van der Waals surface area contributed by atoms with Gasteiger partial charge in [0, 0.05) is 70.8 Å². The number of hydrogen-bond donors (Lipinski definition) is 0. The van der Waals surface area contributed by atoms with Crippen LogP contribution in [0.1, 0.15) is 0 Å². The number of rotatable bonds is 8. The lowest BCUT2D eigenvalue weighted by Gasteiger charge is -2.29. The number of benzene rings is 6. The van der Waals surface area contributed by atoms with Gasteiger partial charge in [-0.2, -0.15) is 0 Å². The summed E-state index contributed by atoms with van der Waals surface area (Å²) in [4.78, 5) is 13.1. The lowest BCUT2D eigenvalue weighted by molar-refractivity contribution is 0.360. The van der Waals surface area contributed by atoms with Gasteiger partial charge in [0.05, 0.1) is 11.4 Å². The molecule has 2 aromatic heterocycles. The maximum Gasteiger partial charge on any atom is 0.172 e. The summed E-state index contributed by atoms with van der Waals surface area (Å²) >= 11 is 0. The summed E-state index contributed by atoms with van der Waals surface area (Å²) in [6.07, 6.45) is 7.36. The zero-order chi connectivity index (χ0) is 34.7. The summed E-state index contributed by atoms with van der Waals surface area (Å²) in [5, 5.41) is 0. The monoisotopic (exact) mass is 672 g/mol. The fourth-order valence-corrected chi connectivity index (χ4v) is 6.60. The first-order chi connectivity index (χ1) is 25.8. The molecule has 52 heavy (non-hydrogen) atoms. The lowest BCUT2D eigenvalue weighted by Crippen LogP contribution is -2.11. The van der Waals surface area contributed by atoms with Crippen molar-refractivity contribution in [1.29, 1.82) is 0 Å². The predicted molar refractivity (Wildman–Crippen MR) is 209 cm³/mol. The van der Waals surface area contributed by atoms with Crippen LogP contribution in [0, 0.1) is 0 Å². The molecule has 0 saturated carbocycles. The van der Waals surface area contributed by atoms with Crippen molar-refractivity contribution in [3.05, 3.63) is 195 Å². The van der Waals surface area contributed by atoms with Crippen LogP contribution in [0.2, 0.25) is 0 Å². The third-order valence-corrected chi connectivity index (χ3v) is 9.04. The molecular formula is C46H32N4O2. The van der Waals surface area contributed by atoms with E-state index in [0.717, 1.165) is 56.4 Å². The SMILES string of the molecule is c1ccc(N(c2cccc(-c3cccnc3)c2)c2ccc3c(c2)Oc2ccc(N(c4ccccc4)c4cccc(-c5cccnc5)c4)cc2O3)cc1. The normalized spacial score (nSPS) is 11.4. The van der Waals surface area contributed by atoms with Crippen molar-refractivity contribution in [3.63, 3.8) is 0 Å². The van der Waals surface area contributed by atoms with Gasteiger partial charge in [0.1, 0.15) is 0 Å². The molecule has 6 aromatic carbocycles. The molecule has 9 rings (SSSR count). The summed E-state index contributed by atoms with van der Waals surface area (Å²) in [6.45, 7) is 0. The van der Waals surface area contributed by atoms with Gasteiger partial charge in [-0.15, -0.1) is 0 Å². The number of para-hydroxylation sites is 2. The number of aromatic nitrogens is 2. The van der Waals surface area contributed by atoms with Crippen LogP contribution in [0.15, 0.2) is 195 Å². The fraction of sp³-hybridized carbons (Fsp3) is 0. The van der Waals surface area contributed by atoms with Crippen LogP contribution < -0.4 is 19.3 Å². The van der Waals surface area contributed by atoms with E-state index in [0.29, 0.717) is 23.0 Å². The van der Waals surface area contributed by atoms with Crippen molar-refractivity contribution in [2.24, 2.45) is 0 Å². The van der Waals surface area contributed by atoms with E-state index in [-0.39, 0.29) is 0 Å². The van der Waals surface area contributed by atoms with Crippen LogP contribution in [0.25, 0.3) is 22.3 Å². The van der Waals surface area contributed by atoms with Crippen LogP contribution in [0.3, 0.4) is 0 Å². The van der Waals surface area contributed by atoms with E-state index in [1.54, 1.807) is 12.4 Å². The van der Waals surface area contributed by atoms with Crippen LogP contribution in [0.4, 0.5) is 34.1 Å². The Bertz CT molecular complexity index is 2300. The second-order valence-corrected chi connectivity index (χ2v) is 12.4. The smallest absolute Gasteiger partial charge is 0.172 e. The van der Waals surface area contributed by atoms with Crippen molar-refractivity contribution in [2.45, 2.75) is 0 Å². The maximum atomic E-state index is 6.57. The van der Waals surface area contributed by atoms with Gasteiger partial charge in [0.2, 0.25) is 0 Å². The van der Waals surface area contributed by atoms with Crippen LogP contribution in [-0.4, -0.2) is 9.97 Å². The minimum atomic E-state index is 0.645. The van der Waals surface area contributed by atoms with Crippen LogP contribution >= 0.6 is 0 Å². The van der Waals surface area contributed by atoms with E-state index in [1.807, 2.05) is 85.2 Å². The molecule has 6 heteroatoms. The topological polar surface area (TPSA) is 50.7 Å². The molecule has 0 radical (unpaired) electrons. The second-order valence-electron chi connectivity index (χ2n) is 12.4. The van der Waals surface area contributed by atoms with Gasteiger partial charge < -0.3 is 19.3 Å². The Morgan fingerprint density at radius 2 is 0.712 bits per heavy atom. The highest BCUT2D eigenvalue weighted by Gasteiger charge is 2.24. The van der Waals surface area contributed by atoms with Crippen molar-refractivity contribution >= 4 is 34.1 Å². The number of ether oxygens (including phenoxy) is 2. The van der Waals surface area contributed by atoms with Gasteiger partial charge in [-0.3, -0.25) is 9.97 Å². The van der Waals surface area contributed by atoms with Crippen molar-refractivity contribution < 1.29 is 9.47 Å². The highest BCUT2D eigenvalue weighted by Crippen LogP contribution is 2.50. The van der Waals surface area contributed by atoms with Gasteiger partial charge in [-0.25, -0.2) is 0 Å². The van der Waals surface area contributed by atoms with Crippen molar-refractivity contribution in [2.75, 3.05) is 9.80 Å². The first-order valence-electron chi connectivity index (χ1n) is 17.1. The van der Waals surface area contributed by atoms with E-state index >= 15 is 0 Å². The first-order valence-corrected chi connectivity index (χ1v) is 17.1. The van der Waals surface area contributed by atoms with E-state index in [9.17, 15) is 0 Å². The minimum absolute atomic E-state index is 0.645. The molecule has 1 aliphatic rings. The Labute approximate surface area is 302 Å². The summed E-state index contributed by atoms with van der Waals surface area (Å²) in [7, 11) is 0. The van der Waals surface area contributed by atoms with E-state index in [4.69, 9.17) is 9.47 Å². The molecule has 0 fully saturated rings. The van der Waals surface area contributed by atoms with Crippen LogP contribution in [0.5, 0.6) is 23.0 Å². The lowest BCUT2D eigenvalue weighted by atomic mass is 10.1. The Kier molecular flexibility index (Phi) is 8.08. The second kappa shape index (κ2) is 13.6. The molecule has 3 heterocycles. The number of anilines is 6. The fourth-order valence-electron chi connectivity index (χ4n) is 6.60. The molecule has 6 nitrogen and oxygen atoms in total. The summed E-state index contributed by atoms with van der Waals surface area (Å²) in [6, 6.07) is 57.9. The van der Waals surface area contributed by atoms with Gasteiger partial charge in [-0.1, -0.05) is 72.8 Å². The number of fused-ring (bicyclic) bond motifs is 2. The van der Waals surface area contributed by atoms with Gasteiger partial charge in [0.15, 0.2) is 23.0 Å². The van der Waals surface area contributed by atoms with Crippen LogP contribution in [-0.2, 0) is 0 Å². The first kappa shape index (κ1) is 30.8. The molecule has 248 valence electrons. The van der Waals surface area contributed by atoms with E-state index in [2.05, 4.69) is 117 Å². The molecule has 8 aromatic rings. The van der Waals surface area contributed by atoms with Gasteiger partial charge in [-0.05, 0) is 96.1 Å². The van der Waals surface area contributed by atoms with E-state index in [1.165, 1.54) is 0 Å². The highest BCUT2D eigenvalue weighted by atomic mass is 16.6. The third-order valence-electron chi connectivity index (χ3n) is 9.04. The van der Waals surface area contributed by atoms with Gasteiger partial charge >= 0.3 is 0 Å². The average molecular weight is 673 g/mol. The molecule has 0 N–H and O–H groups in total. The molecule has 1 aliphatic heterocycles. The zero-order valence-electron chi connectivity index (χ0n) is 28.1. The predicted octanol–water partition coefficient (Wildman–Crippen LogP) is 12.6. The molecule has 0 atom stereocenters. The summed E-state index contributed by atoms with van der Waals surface area (Å²) in [5.41, 5.74) is 10.3. The number of pyridine rings is 2. The molecule has 0 spiro atoms. The molecule has 0 bridgehead atoms. The molecular weight excluding hydrogens is 641 g/mol. The average Bonchev–Trinajstić information content (AvgIpc) is 3.22. The standard InChI is InChI=1S/C46H32N4O2/c1-3-15-37(16-4-1)49(39-19-7-11-33(27-39)35-13-9-25-47-31-35)41-21-23-43-45(29-41)51-44-24-22-42(30-46(44)52-43)50(38-17-5-2-6-18-38)40-20-8-12-34(28-40)36-14-10-26-48-32-36/h1-32H. The molecule has 0 saturated heterocycles. The largest absolute Gasteiger partial charge is 0.449 e. The van der Waals surface area contributed by atoms with E-state index < -0.39 is 0 Å². The number of nitrogens with zero attached hydrogens (tertiary/aromatic N) is 4.